The van der Waals surface area contributed by atoms with E-state index in [0.717, 1.165) is 28.7 Å². The number of ether oxygens (including phenoxy) is 2. The molecule has 1 unspecified atom stereocenters. The third-order valence-corrected chi connectivity index (χ3v) is 5.79. The van der Waals surface area contributed by atoms with E-state index in [0.29, 0.717) is 30.3 Å². The van der Waals surface area contributed by atoms with Gasteiger partial charge in [0.25, 0.3) is 11.7 Å². The molecule has 2 heterocycles. The zero-order valence-electron chi connectivity index (χ0n) is 18.0. The quantitative estimate of drug-likeness (QED) is 0.347. The summed E-state index contributed by atoms with van der Waals surface area (Å²) in [6.45, 7) is 2.53. The third-order valence-electron chi connectivity index (χ3n) is 5.79. The maximum atomic E-state index is 14.7. The fraction of sp³-hybridized carbons (Fsp3) is 0.154. The zero-order chi connectivity index (χ0) is 24.0. The van der Waals surface area contributed by atoms with Crippen LogP contribution in [0, 0.1) is 18.6 Å². The highest BCUT2D eigenvalue weighted by Crippen LogP contribution is 2.44. The van der Waals surface area contributed by atoms with Gasteiger partial charge >= 0.3 is 0 Å². The molecule has 1 fully saturated rings. The van der Waals surface area contributed by atoms with E-state index in [-0.39, 0.29) is 11.1 Å². The summed E-state index contributed by atoms with van der Waals surface area (Å²) in [6.07, 6.45) is 0. The van der Waals surface area contributed by atoms with Crippen LogP contribution in [0.1, 0.15) is 22.7 Å². The van der Waals surface area contributed by atoms with Crippen molar-refractivity contribution >= 4 is 23.1 Å². The summed E-state index contributed by atoms with van der Waals surface area (Å²) in [5.74, 6) is -3.32. The maximum Gasteiger partial charge on any atom is 0.300 e. The second kappa shape index (κ2) is 8.30. The predicted octanol–water partition coefficient (Wildman–Crippen LogP) is 4.67. The van der Waals surface area contributed by atoms with E-state index in [1.54, 1.807) is 24.3 Å². The van der Waals surface area contributed by atoms with E-state index in [9.17, 15) is 23.5 Å². The first kappa shape index (κ1) is 21.6. The molecular weight excluding hydrogens is 444 g/mol. The van der Waals surface area contributed by atoms with Gasteiger partial charge in [-0.05, 0) is 42.8 Å². The molecule has 34 heavy (non-hydrogen) atoms. The van der Waals surface area contributed by atoms with E-state index >= 15 is 0 Å². The Bertz CT molecular complexity index is 1370. The minimum atomic E-state index is -1.18. The molecule has 172 valence electrons. The van der Waals surface area contributed by atoms with Crippen molar-refractivity contribution in [2.24, 2.45) is 0 Å². The smallest absolute Gasteiger partial charge is 0.300 e. The highest BCUT2D eigenvalue weighted by Gasteiger charge is 2.48. The molecule has 2 aliphatic heterocycles. The lowest BCUT2D eigenvalue weighted by atomic mass is 9.94. The van der Waals surface area contributed by atoms with Crippen molar-refractivity contribution in [1.82, 2.24) is 0 Å². The Kier molecular flexibility index (Phi) is 5.28. The first-order valence-corrected chi connectivity index (χ1v) is 10.6. The van der Waals surface area contributed by atoms with Crippen LogP contribution in [-0.4, -0.2) is 30.0 Å². The second-order valence-corrected chi connectivity index (χ2v) is 8.04. The van der Waals surface area contributed by atoms with Crippen LogP contribution in [0.15, 0.2) is 66.2 Å². The van der Waals surface area contributed by atoms with Crippen molar-refractivity contribution < 1.29 is 33.0 Å². The normalized spacial score (nSPS) is 18.9. The van der Waals surface area contributed by atoms with E-state index < -0.39 is 40.8 Å². The maximum absolute atomic E-state index is 14.7. The molecule has 6 nitrogen and oxygen atoms in total. The zero-order valence-corrected chi connectivity index (χ0v) is 18.0. The summed E-state index contributed by atoms with van der Waals surface area (Å²) >= 11 is 0. The first-order chi connectivity index (χ1) is 16.3. The molecule has 8 heteroatoms. The van der Waals surface area contributed by atoms with Crippen molar-refractivity contribution in [2.45, 2.75) is 13.0 Å². The molecule has 1 atom stereocenters. The summed E-state index contributed by atoms with van der Waals surface area (Å²) < 4.78 is 39.8. The molecule has 1 N–H and O–H groups in total. The van der Waals surface area contributed by atoms with Crippen LogP contribution in [0.5, 0.6) is 11.5 Å². The summed E-state index contributed by atoms with van der Waals surface area (Å²) in [7, 11) is 0. The summed E-state index contributed by atoms with van der Waals surface area (Å²) in [6, 6.07) is 13.0. The molecule has 3 aromatic rings. The topological polar surface area (TPSA) is 76.1 Å². The molecule has 1 amide bonds. The molecule has 0 saturated carbocycles. The number of halogens is 2. The van der Waals surface area contributed by atoms with Crippen LogP contribution in [0.4, 0.5) is 14.5 Å². The molecule has 0 aromatic heterocycles. The van der Waals surface area contributed by atoms with Gasteiger partial charge < -0.3 is 14.6 Å². The molecule has 0 aliphatic carbocycles. The lowest BCUT2D eigenvalue weighted by Gasteiger charge is -2.26. The Labute approximate surface area is 193 Å². The number of benzene rings is 3. The molecule has 1 saturated heterocycles. The molecule has 2 aliphatic rings. The van der Waals surface area contributed by atoms with Crippen molar-refractivity contribution in [3.8, 4) is 11.5 Å². The Morgan fingerprint density at radius 2 is 1.74 bits per heavy atom. The van der Waals surface area contributed by atoms with Crippen molar-refractivity contribution in [3.05, 3.63) is 94.6 Å². The van der Waals surface area contributed by atoms with Crippen LogP contribution in [0.25, 0.3) is 5.76 Å². The van der Waals surface area contributed by atoms with Gasteiger partial charge in [-0.2, -0.15) is 0 Å². The Hall–Kier alpha value is -4.20. The van der Waals surface area contributed by atoms with Crippen LogP contribution in [0.3, 0.4) is 0 Å². The monoisotopic (exact) mass is 463 g/mol. The van der Waals surface area contributed by atoms with Gasteiger partial charge in [0.2, 0.25) is 0 Å². The van der Waals surface area contributed by atoms with E-state index in [1.165, 1.54) is 12.1 Å². The Morgan fingerprint density at radius 3 is 2.50 bits per heavy atom. The average Bonchev–Trinajstić information content (AvgIpc) is 3.10. The van der Waals surface area contributed by atoms with Gasteiger partial charge in [0, 0.05) is 11.6 Å². The SMILES string of the molecule is Cc1cccc(C2/C(=C(/O)c3ccc4c(c3)OCCO4)C(=O)C(=O)N2c2cc(F)ccc2F)c1. The molecule has 0 bridgehead atoms. The number of aryl methyl sites for hydroxylation is 1. The van der Waals surface area contributed by atoms with Gasteiger partial charge in [-0.15, -0.1) is 0 Å². The van der Waals surface area contributed by atoms with Crippen molar-refractivity contribution in [1.29, 1.82) is 0 Å². The van der Waals surface area contributed by atoms with E-state index in [2.05, 4.69) is 0 Å². The number of carbonyl (C=O) groups is 2. The predicted molar refractivity (Wildman–Crippen MR) is 120 cm³/mol. The number of aliphatic hydroxyl groups excluding tert-OH is 1. The minimum Gasteiger partial charge on any atom is -0.507 e. The van der Waals surface area contributed by atoms with Crippen molar-refractivity contribution in [2.75, 3.05) is 18.1 Å². The number of anilines is 1. The molecule has 3 aromatic carbocycles. The number of hydrogen-bond acceptors (Lipinski definition) is 5. The van der Waals surface area contributed by atoms with Gasteiger partial charge in [-0.1, -0.05) is 29.8 Å². The number of aliphatic hydroxyl groups is 1. The molecule has 0 spiro atoms. The molecule has 5 rings (SSSR count). The van der Waals surface area contributed by atoms with Gasteiger partial charge in [0.1, 0.15) is 30.6 Å². The fourth-order valence-corrected chi connectivity index (χ4v) is 4.25. The summed E-state index contributed by atoms with van der Waals surface area (Å²) in [5.41, 5.74) is 0.870. The largest absolute Gasteiger partial charge is 0.507 e. The minimum absolute atomic E-state index is 0.222. The van der Waals surface area contributed by atoms with Crippen molar-refractivity contribution in [3.63, 3.8) is 0 Å². The summed E-state index contributed by atoms with van der Waals surface area (Å²) in [5, 5.41) is 11.2. The number of rotatable bonds is 3. The van der Waals surface area contributed by atoms with E-state index in [4.69, 9.17) is 9.47 Å². The summed E-state index contributed by atoms with van der Waals surface area (Å²) in [4.78, 5) is 27.2. The number of carbonyl (C=O) groups excluding carboxylic acids is 2. The number of fused-ring (bicyclic) bond motifs is 1. The van der Waals surface area contributed by atoms with Crippen LogP contribution in [0.2, 0.25) is 0 Å². The highest BCUT2D eigenvalue weighted by atomic mass is 19.1. The second-order valence-electron chi connectivity index (χ2n) is 8.04. The van der Waals surface area contributed by atoms with E-state index in [1.807, 2.05) is 13.0 Å². The lowest BCUT2D eigenvalue weighted by molar-refractivity contribution is -0.132. The Balaban J connectivity index is 1.73. The number of Topliss-reactive ketones (excluding diaryl/α,β-unsaturated/α-hetero) is 1. The number of nitrogens with zero attached hydrogens (tertiary/aromatic N) is 1. The van der Waals surface area contributed by atoms with Crippen LogP contribution >= 0.6 is 0 Å². The van der Waals surface area contributed by atoms with Gasteiger partial charge in [0.15, 0.2) is 11.5 Å². The fourth-order valence-electron chi connectivity index (χ4n) is 4.25. The van der Waals surface area contributed by atoms with Gasteiger partial charge in [-0.3, -0.25) is 14.5 Å². The van der Waals surface area contributed by atoms with Crippen LogP contribution < -0.4 is 14.4 Å². The molecular formula is C26H19F2NO5. The van der Waals surface area contributed by atoms with Crippen LogP contribution in [-0.2, 0) is 9.59 Å². The number of amides is 1. The highest BCUT2D eigenvalue weighted by molar-refractivity contribution is 6.51. The number of ketones is 1. The number of hydrogen-bond donors (Lipinski definition) is 1. The average molecular weight is 463 g/mol. The van der Waals surface area contributed by atoms with Gasteiger partial charge in [0.05, 0.1) is 17.3 Å². The third kappa shape index (κ3) is 3.57. The first-order valence-electron chi connectivity index (χ1n) is 10.6. The Morgan fingerprint density at radius 1 is 0.971 bits per heavy atom. The lowest BCUT2D eigenvalue weighted by Crippen LogP contribution is -2.30. The standard InChI is InChI=1S/C26H19F2NO5/c1-14-3-2-4-15(11-14)23-22(24(30)16-5-8-20-21(12-16)34-10-9-33-20)25(31)26(32)29(23)19-13-17(27)6-7-18(19)28/h2-8,11-13,23,30H,9-10H2,1H3/b24-22-. The molecule has 0 radical (unpaired) electrons. The van der Waals surface area contributed by atoms with Gasteiger partial charge in [-0.25, -0.2) is 8.78 Å².